The summed E-state index contributed by atoms with van der Waals surface area (Å²) in [6.45, 7) is 6.24. The Kier molecular flexibility index (Phi) is 5.21. The second-order valence-corrected chi connectivity index (χ2v) is 4.77. The Morgan fingerprint density at radius 1 is 1.37 bits per heavy atom. The third-order valence-electron chi connectivity index (χ3n) is 3.18. The molecule has 0 saturated carbocycles. The van der Waals surface area contributed by atoms with E-state index in [1.807, 2.05) is 0 Å². The summed E-state index contributed by atoms with van der Waals surface area (Å²) in [6, 6.07) is 6.79. The lowest BCUT2D eigenvalue weighted by atomic mass is 9.80. The van der Waals surface area contributed by atoms with Gasteiger partial charge in [-0.1, -0.05) is 12.1 Å². The van der Waals surface area contributed by atoms with Crippen LogP contribution in [0.2, 0.25) is 0 Å². The van der Waals surface area contributed by atoms with Crippen molar-refractivity contribution < 1.29 is 19.5 Å². The molecule has 1 unspecified atom stereocenters. The average Bonchev–Trinajstić information content (AvgIpc) is 2.39. The predicted octanol–water partition coefficient (Wildman–Crippen LogP) is -0.534. The lowest BCUT2D eigenvalue weighted by Gasteiger charge is -2.30. The van der Waals surface area contributed by atoms with Crippen molar-refractivity contribution in [2.24, 2.45) is 0 Å². The Hall–Kier alpha value is -1.08. The van der Waals surface area contributed by atoms with Crippen LogP contribution in [0.3, 0.4) is 0 Å². The molecule has 0 aliphatic carbocycles. The van der Waals surface area contributed by atoms with E-state index in [-0.39, 0.29) is 0 Å². The lowest BCUT2D eigenvalue weighted by molar-refractivity contribution is -0.0214. The van der Waals surface area contributed by atoms with E-state index >= 15 is 0 Å². The summed E-state index contributed by atoms with van der Waals surface area (Å²) in [5, 5.41) is 18.0. The van der Waals surface area contributed by atoms with Gasteiger partial charge in [-0.15, -0.1) is 0 Å². The minimum Gasteiger partial charge on any atom is -0.492 e. The standard InChI is InChI=1S/C13H20BNO4/c1-11-10-15(6-8-18-11)7-9-19-13-4-2-12(3-5-13)14(16)17/h2-5,11,16-17H,6-10H2,1H3. The smallest absolute Gasteiger partial charge is 0.488 e. The Balaban J connectivity index is 1.73. The predicted molar refractivity (Wildman–Crippen MR) is 73.6 cm³/mol. The number of hydrogen-bond acceptors (Lipinski definition) is 5. The van der Waals surface area contributed by atoms with Crippen LogP contribution < -0.4 is 10.2 Å². The largest absolute Gasteiger partial charge is 0.492 e. The van der Waals surface area contributed by atoms with Crippen molar-refractivity contribution in [1.82, 2.24) is 4.90 Å². The Bertz CT molecular complexity index is 385. The van der Waals surface area contributed by atoms with Gasteiger partial charge >= 0.3 is 7.12 Å². The SMILES string of the molecule is CC1CN(CCOc2ccc(B(O)O)cc2)CCO1. The molecule has 1 heterocycles. The molecule has 104 valence electrons. The highest BCUT2D eigenvalue weighted by Crippen LogP contribution is 2.08. The van der Waals surface area contributed by atoms with Gasteiger partial charge in [-0.3, -0.25) is 4.90 Å². The van der Waals surface area contributed by atoms with Crippen LogP contribution in [0.15, 0.2) is 24.3 Å². The summed E-state index contributed by atoms with van der Waals surface area (Å²) in [7, 11) is -1.43. The first kappa shape index (κ1) is 14.3. The number of hydrogen-bond donors (Lipinski definition) is 2. The van der Waals surface area contributed by atoms with E-state index in [0.29, 0.717) is 18.2 Å². The second-order valence-electron chi connectivity index (χ2n) is 4.77. The number of ether oxygens (including phenoxy) is 2. The van der Waals surface area contributed by atoms with Gasteiger partial charge in [0, 0.05) is 19.6 Å². The molecule has 1 aliphatic heterocycles. The van der Waals surface area contributed by atoms with Gasteiger partial charge in [-0.2, -0.15) is 0 Å². The van der Waals surface area contributed by atoms with E-state index in [2.05, 4.69) is 11.8 Å². The number of morpholine rings is 1. The summed E-state index contributed by atoms with van der Waals surface area (Å²) in [5.41, 5.74) is 0.467. The molecule has 5 nitrogen and oxygen atoms in total. The van der Waals surface area contributed by atoms with E-state index < -0.39 is 7.12 Å². The van der Waals surface area contributed by atoms with Crippen molar-refractivity contribution in [2.45, 2.75) is 13.0 Å². The molecule has 2 rings (SSSR count). The molecular formula is C13H20BNO4. The molecule has 0 amide bonds. The van der Waals surface area contributed by atoms with Gasteiger partial charge in [0.25, 0.3) is 0 Å². The molecule has 0 aromatic heterocycles. The monoisotopic (exact) mass is 265 g/mol. The van der Waals surface area contributed by atoms with Crippen LogP contribution in [-0.4, -0.2) is 61.0 Å². The number of nitrogens with zero attached hydrogens (tertiary/aromatic N) is 1. The fourth-order valence-electron chi connectivity index (χ4n) is 2.12. The zero-order valence-corrected chi connectivity index (χ0v) is 11.2. The van der Waals surface area contributed by atoms with Gasteiger partial charge in [0.1, 0.15) is 12.4 Å². The Morgan fingerprint density at radius 2 is 2.11 bits per heavy atom. The molecule has 1 aromatic rings. The summed E-state index contributed by atoms with van der Waals surface area (Å²) >= 11 is 0. The van der Waals surface area contributed by atoms with Crippen LogP contribution in [0, 0.1) is 0 Å². The molecule has 2 N–H and O–H groups in total. The third kappa shape index (κ3) is 4.51. The van der Waals surface area contributed by atoms with Crippen LogP contribution in [-0.2, 0) is 4.74 Å². The highest BCUT2D eigenvalue weighted by molar-refractivity contribution is 6.58. The van der Waals surface area contributed by atoms with Gasteiger partial charge in [0.05, 0.1) is 12.7 Å². The fraction of sp³-hybridized carbons (Fsp3) is 0.538. The maximum Gasteiger partial charge on any atom is 0.488 e. The zero-order valence-electron chi connectivity index (χ0n) is 11.2. The topological polar surface area (TPSA) is 62.2 Å². The highest BCUT2D eigenvalue weighted by atomic mass is 16.5. The second kappa shape index (κ2) is 6.91. The van der Waals surface area contributed by atoms with Crippen LogP contribution >= 0.6 is 0 Å². The summed E-state index contributed by atoms with van der Waals surface area (Å²) in [5.74, 6) is 0.741. The maximum absolute atomic E-state index is 8.98. The first-order valence-electron chi connectivity index (χ1n) is 6.58. The molecule has 0 bridgehead atoms. The molecule has 1 atom stereocenters. The van der Waals surface area contributed by atoms with Gasteiger partial charge in [-0.05, 0) is 24.5 Å². The van der Waals surface area contributed by atoms with Crippen molar-refractivity contribution >= 4 is 12.6 Å². The average molecular weight is 265 g/mol. The van der Waals surface area contributed by atoms with Crippen molar-refractivity contribution in [1.29, 1.82) is 0 Å². The van der Waals surface area contributed by atoms with Crippen molar-refractivity contribution in [3.8, 4) is 5.75 Å². The summed E-state index contributed by atoms with van der Waals surface area (Å²) in [4.78, 5) is 2.32. The summed E-state index contributed by atoms with van der Waals surface area (Å²) < 4.78 is 11.1. The minimum atomic E-state index is -1.43. The van der Waals surface area contributed by atoms with E-state index in [1.54, 1.807) is 24.3 Å². The van der Waals surface area contributed by atoms with E-state index in [1.165, 1.54) is 0 Å². The Morgan fingerprint density at radius 3 is 2.74 bits per heavy atom. The molecule has 1 aliphatic rings. The molecule has 1 saturated heterocycles. The van der Waals surface area contributed by atoms with Crippen LogP contribution in [0.1, 0.15) is 6.92 Å². The normalized spacial score (nSPS) is 20.3. The first-order chi connectivity index (χ1) is 9.15. The minimum absolute atomic E-state index is 0.291. The molecule has 19 heavy (non-hydrogen) atoms. The number of benzene rings is 1. The Labute approximate surface area is 113 Å². The van der Waals surface area contributed by atoms with E-state index in [9.17, 15) is 0 Å². The fourth-order valence-corrected chi connectivity index (χ4v) is 2.12. The zero-order chi connectivity index (χ0) is 13.7. The molecule has 0 radical (unpaired) electrons. The molecule has 6 heteroatoms. The van der Waals surface area contributed by atoms with Gasteiger partial charge in [0.15, 0.2) is 0 Å². The number of rotatable bonds is 5. The van der Waals surface area contributed by atoms with Crippen LogP contribution in [0.5, 0.6) is 5.75 Å². The van der Waals surface area contributed by atoms with E-state index in [0.717, 1.165) is 32.0 Å². The van der Waals surface area contributed by atoms with Crippen molar-refractivity contribution in [3.63, 3.8) is 0 Å². The van der Waals surface area contributed by atoms with E-state index in [4.69, 9.17) is 19.5 Å². The van der Waals surface area contributed by atoms with Crippen LogP contribution in [0.4, 0.5) is 0 Å². The molecule has 1 fully saturated rings. The van der Waals surface area contributed by atoms with Gasteiger partial charge in [0.2, 0.25) is 0 Å². The molecule has 0 spiro atoms. The van der Waals surface area contributed by atoms with Crippen molar-refractivity contribution in [3.05, 3.63) is 24.3 Å². The maximum atomic E-state index is 8.98. The van der Waals surface area contributed by atoms with Crippen molar-refractivity contribution in [2.75, 3.05) is 32.8 Å². The quantitative estimate of drug-likeness (QED) is 0.700. The summed E-state index contributed by atoms with van der Waals surface area (Å²) in [6.07, 6.45) is 0.291. The highest BCUT2D eigenvalue weighted by Gasteiger charge is 2.16. The van der Waals surface area contributed by atoms with Gasteiger partial charge < -0.3 is 19.5 Å². The first-order valence-corrected chi connectivity index (χ1v) is 6.58. The molecule has 1 aromatic carbocycles. The molecular weight excluding hydrogens is 245 g/mol. The van der Waals surface area contributed by atoms with Gasteiger partial charge in [-0.25, -0.2) is 0 Å². The lowest BCUT2D eigenvalue weighted by Crippen LogP contribution is -2.42. The third-order valence-corrected chi connectivity index (χ3v) is 3.18. The van der Waals surface area contributed by atoms with Crippen LogP contribution in [0.25, 0.3) is 0 Å².